The zero-order valence-electron chi connectivity index (χ0n) is 9.31. The number of halogens is 1. The number of hydrogen-bond acceptors (Lipinski definition) is 4. The molecule has 1 aliphatic rings. The molecule has 2 rings (SSSR count). The lowest BCUT2D eigenvalue weighted by atomic mass is 9.97. The molecule has 0 saturated carbocycles. The second-order valence-corrected chi connectivity index (χ2v) is 4.98. The summed E-state index contributed by atoms with van der Waals surface area (Å²) in [5, 5.41) is 1.93. The highest BCUT2D eigenvalue weighted by atomic mass is 35.5. The molecule has 1 aromatic heterocycles. The molecule has 0 bridgehead atoms. The van der Waals surface area contributed by atoms with Gasteiger partial charge in [-0.1, -0.05) is 0 Å². The first kappa shape index (κ1) is 12.4. The van der Waals surface area contributed by atoms with Crippen LogP contribution in [0.3, 0.4) is 0 Å². The Morgan fingerprint density at radius 2 is 2.41 bits per heavy atom. The van der Waals surface area contributed by atoms with Crippen LogP contribution < -0.4 is 0 Å². The van der Waals surface area contributed by atoms with Crippen molar-refractivity contribution in [2.75, 3.05) is 19.5 Å². The van der Waals surface area contributed by atoms with Crippen LogP contribution in [0.5, 0.6) is 0 Å². The summed E-state index contributed by atoms with van der Waals surface area (Å²) >= 11 is 7.21. The van der Waals surface area contributed by atoms with Gasteiger partial charge < -0.3 is 4.74 Å². The van der Waals surface area contributed by atoms with E-state index in [9.17, 15) is 9.59 Å². The highest BCUT2D eigenvalue weighted by Crippen LogP contribution is 2.34. The lowest BCUT2D eigenvalue weighted by Gasteiger charge is -2.33. The molecule has 1 atom stereocenters. The summed E-state index contributed by atoms with van der Waals surface area (Å²) in [7, 11) is 1.31. The van der Waals surface area contributed by atoms with Crippen molar-refractivity contribution in [3.63, 3.8) is 0 Å². The van der Waals surface area contributed by atoms with Crippen molar-refractivity contribution in [3.05, 3.63) is 21.9 Å². The molecule has 0 spiro atoms. The van der Waals surface area contributed by atoms with Crippen LogP contribution in [0.15, 0.2) is 11.4 Å². The smallest absolute Gasteiger partial charge is 0.410 e. The standard InChI is InChI=1S/C11H12ClNO3S/c1-16-11(15)13-4-2-9-7(3-5-17-9)10(13)8(14)6-12/h3,5,10H,2,4,6H2,1H3. The van der Waals surface area contributed by atoms with E-state index in [0.717, 1.165) is 16.9 Å². The van der Waals surface area contributed by atoms with E-state index in [2.05, 4.69) is 0 Å². The number of Topliss-reactive ketones (excluding diaryl/α,β-unsaturated/α-hetero) is 1. The fourth-order valence-electron chi connectivity index (χ4n) is 2.05. The van der Waals surface area contributed by atoms with Gasteiger partial charge in [-0.15, -0.1) is 22.9 Å². The molecule has 0 aromatic carbocycles. The van der Waals surface area contributed by atoms with Gasteiger partial charge in [0.2, 0.25) is 0 Å². The lowest BCUT2D eigenvalue weighted by molar-refractivity contribution is -0.121. The monoisotopic (exact) mass is 273 g/mol. The highest BCUT2D eigenvalue weighted by Gasteiger charge is 2.36. The maximum atomic E-state index is 11.9. The molecule has 0 N–H and O–H groups in total. The van der Waals surface area contributed by atoms with Crippen molar-refractivity contribution in [1.82, 2.24) is 4.90 Å². The number of carbonyl (C=O) groups is 2. The van der Waals surface area contributed by atoms with Gasteiger partial charge in [0.25, 0.3) is 0 Å². The minimum atomic E-state index is -0.588. The Kier molecular flexibility index (Phi) is 3.69. The molecule has 1 aliphatic heterocycles. The summed E-state index contributed by atoms with van der Waals surface area (Å²) in [6, 6.07) is 1.29. The molecular weight excluding hydrogens is 262 g/mol. The van der Waals surface area contributed by atoms with E-state index in [0.29, 0.717) is 6.54 Å². The van der Waals surface area contributed by atoms with Gasteiger partial charge in [-0.2, -0.15) is 0 Å². The van der Waals surface area contributed by atoms with Gasteiger partial charge in [0, 0.05) is 11.4 Å². The van der Waals surface area contributed by atoms with Crippen molar-refractivity contribution in [2.24, 2.45) is 0 Å². The number of ether oxygens (including phenoxy) is 1. The normalized spacial score (nSPS) is 18.7. The molecule has 0 aliphatic carbocycles. The number of rotatable bonds is 2. The Bertz CT molecular complexity index is 446. The molecule has 0 saturated heterocycles. The van der Waals surface area contributed by atoms with E-state index in [-0.39, 0.29) is 11.7 Å². The lowest BCUT2D eigenvalue weighted by Crippen LogP contribution is -2.43. The van der Waals surface area contributed by atoms with Gasteiger partial charge in [-0.05, 0) is 23.4 Å². The number of ketones is 1. The van der Waals surface area contributed by atoms with E-state index < -0.39 is 12.1 Å². The first-order valence-electron chi connectivity index (χ1n) is 5.18. The van der Waals surface area contributed by atoms with Gasteiger partial charge in [-0.25, -0.2) is 4.79 Å². The fraction of sp³-hybridized carbons (Fsp3) is 0.455. The molecular formula is C11H12ClNO3S. The van der Waals surface area contributed by atoms with Crippen LogP contribution in [0.4, 0.5) is 4.79 Å². The van der Waals surface area contributed by atoms with Crippen molar-refractivity contribution < 1.29 is 14.3 Å². The number of alkyl halides is 1. The van der Waals surface area contributed by atoms with Crippen LogP contribution in [0.25, 0.3) is 0 Å². The van der Waals surface area contributed by atoms with Crippen molar-refractivity contribution in [1.29, 1.82) is 0 Å². The third-order valence-electron chi connectivity index (χ3n) is 2.81. The van der Waals surface area contributed by atoms with Gasteiger partial charge >= 0.3 is 6.09 Å². The number of fused-ring (bicyclic) bond motifs is 1. The van der Waals surface area contributed by atoms with Crippen LogP contribution >= 0.6 is 22.9 Å². The van der Waals surface area contributed by atoms with Crippen LogP contribution in [-0.4, -0.2) is 36.3 Å². The highest BCUT2D eigenvalue weighted by molar-refractivity contribution is 7.10. The van der Waals surface area contributed by atoms with Gasteiger partial charge in [-0.3, -0.25) is 9.69 Å². The van der Waals surface area contributed by atoms with Gasteiger partial charge in [0.05, 0.1) is 13.0 Å². The third kappa shape index (κ3) is 2.17. The molecule has 92 valence electrons. The summed E-state index contributed by atoms with van der Waals surface area (Å²) < 4.78 is 4.70. The predicted octanol–water partition coefficient (Wildman–Crippen LogP) is 2.22. The zero-order chi connectivity index (χ0) is 12.4. The summed E-state index contributed by atoms with van der Waals surface area (Å²) in [6.45, 7) is 0.494. The quantitative estimate of drug-likeness (QED) is 0.776. The van der Waals surface area contributed by atoms with Crippen LogP contribution in [-0.2, 0) is 16.0 Å². The Balaban J connectivity index is 2.37. The molecule has 17 heavy (non-hydrogen) atoms. The number of carbonyl (C=O) groups excluding carboxylic acids is 2. The van der Waals surface area contributed by atoms with E-state index in [1.807, 2.05) is 11.4 Å². The summed E-state index contributed by atoms with van der Waals surface area (Å²) in [5.74, 6) is -0.274. The second-order valence-electron chi connectivity index (χ2n) is 3.72. The summed E-state index contributed by atoms with van der Waals surface area (Å²) in [4.78, 5) is 26.1. The first-order valence-corrected chi connectivity index (χ1v) is 6.60. The Labute approximate surface area is 108 Å². The maximum absolute atomic E-state index is 11.9. The van der Waals surface area contributed by atoms with Gasteiger partial charge in [0.15, 0.2) is 5.78 Å². The molecule has 6 heteroatoms. The number of thiophene rings is 1. The molecule has 0 fully saturated rings. The SMILES string of the molecule is COC(=O)N1CCc2sccc2C1C(=O)CCl. The summed E-state index contributed by atoms with van der Waals surface area (Å²) in [6.07, 6.45) is 0.277. The van der Waals surface area contributed by atoms with Crippen LogP contribution in [0, 0.1) is 0 Å². The van der Waals surface area contributed by atoms with Crippen molar-refractivity contribution >= 4 is 34.8 Å². The molecule has 2 heterocycles. The average molecular weight is 274 g/mol. The summed E-state index contributed by atoms with van der Waals surface area (Å²) in [5.41, 5.74) is 0.886. The first-order chi connectivity index (χ1) is 8.19. The average Bonchev–Trinajstić information content (AvgIpc) is 2.83. The Morgan fingerprint density at radius 3 is 3.06 bits per heavy atom. The molecule has 1 aromatic rings. The number of hydrogen-bond donors (Lipinski definition) is 0. The van der Waals surface area contributed by atoms with E-state index >= 15 is 0 Å². The third-order valence-corrected chi connectivity index (χ3v) is 4.07. The Morgan fingerprint density at radius 1 is 1.65 bits per heavy atom. The minimum absolute atomic E-state index is 0.104. The molecule has 1 amide bonds. The zero-order valence-corrected chi connectivity index (χ0v) is 10.9. The molecule has 0 radical (unpaired) electrons. The minimum Gasteiger partial charge on any atom is -0.453 e. The maximum Gasteiger partial charge on any atom is 0.410 e. The fourth-order valence-corrected chi connectivity index (χ4v) is 3.10. The second kappa shape index (κ2) is 5.06. The topological polar surface area (TPSA) is 46.6 Å². The van der Waals surface area contributed by atoms with E-state index in [4.69, 9.17) is 16.3 Å². The number of nitrogens with zero attached hydrogens (tertiary/aromatic N) is 1. The van der Waals surface area contributed by atoms with Crippen LogP contribution in [0.1, 0.15) is 16.5 Å². The molecule has 1 unspecified atom stereocenters. The molecule has 4 nitrogen and oxygen atoms in total. The van der Waals surface area contributed by atoms with Crippen molar-refractivity contribution in [2.45, 2.75) is 12.5 Å². The predicted molar refractivity (Wildman–Crippen MR) is 65.6 cm³/mol. The van der Waals surface area contributed by atoms with Gasteiger partial charge in [0.1, 0.15) is 6.04 Å². The van der Waals surface area contributed by atoms with E-state index in [1.165, 1.54) is 12.0 Å². The van der Waals surface area contributed by atoms with Crippen molar-refractivity contribution in [3.8, 4) is 0 Å². The number of methoxy groups -OCH3 is 1. The Hall–Kier alpha value is -1.07. The number of amides is 1. The largest absolute Gasteiger partial charge is 0.453 e. The van der Waals surface area contributed by atoms with Crippen LogP contribution in [0.2, 0.25) is 0 Å². The van der Waals surface area contributed by atoms with E-state index in [1.54, 1.807) is 11.3 Å².